The van der Waals surface area contributed by atoms with Crippen LogP contribution in [0.1, 0.15) is 23.7 Å². The molecule has 0 saturated carbocycles. The third-order valence-corrected chi connectivity index (χ3v) is 5.58. The number of hydrogen-bond donors (Lipinski definition) is 2. The van der Waals surface area contributed by atoms with E-state index >= 15 is 0 Å². The molecule has 2 aliphatic rings. The Labute approximate surface area is 178 Å². The second kappa shape index (κ2) is 8.79. The Hall–Kier alpha value is -3.35. The van der Waals surface area contributed by atoms with Gasteiger partial charge in [0.05, 0.1) is 18.8 Å². The van der Waals surface area contributed by atoms with Crippen molar-refractivity contribution in [2.75, 3.05) is 26.2 Å². The number of nitrogens with one attached hydrogen (secondary N) is 1. The topological polar surface area (TPSA) is 122 Å². The van der Waals surface area contributed by atoms with Gasteiger partial charge in [-0.1, -0.05) is 0 Å². The third-order valence-electron chi connectivity index (χ3n) is 4.81. The maximum Gasteiger partial charge on any atom is 0.407 e. The van der Waals surface area contributed by atoms with E-state index in [1.807, 2.05) is 10.3 Å². The summed E-state index contributed by atoms with van der Waals surface area (Å²) in [4.78, 5) is 33.1. The standard InChI is InChI=1S/C18H18F2N6O4S/c19-17(20)26-3-1-12(24-26)11-6-22-15(16-21-2-4-31-16)25-8-10(5-13(11)25)9-30-18(29)23-7-14(27)28/h1-4,10,17H,5-9H2,(H,23,29)(H,27,28). The minimum Gasteiger partial charge on any atom is -0.480 e. The van der Waals surface area contributed by atoms with E-state index in [-0.39, 0.29) is 19.1 Å². The molecule has 1 amide bonds. The molecule has 10 nitrogen and oxygen atoms in total. The molecule has 0 aliphatic carbocycles. The smallest absolute Gasteiger partial charge is 0.407 e. The SMILES string of the molecule is O=C(O)CNC(=O)OCC1CC2=C(c3ccn(C(F)F)n3)CN=C(c3nccs3)N2C1. The summed E-state index contributed by atoms with van der Waals surface area (Å²) in [5.74, 6) is -0.585. The van der Waals surface area contributed by atoms with Crippen LogP contribution < -0.4 is 5.32 Å². The van der Waals surface area contributed by atoms with Crippen LogP contribution >= 0.6 is 11.3 Å². The lowest BCUT2D eigenvalue weighted by Gasteiger charge is -2.27. The first-order valence-electron chi connectivity index (χ1n) is 9.32. The number of carbonyl (C=O) groups excluding carboxylic acids is 1. The van der Waals surface area contributed by atoms with Gasteiger partial charge >= 0.3 is 18.6 Å². The molecule has 164 valence electrons. The lowest BCUT2D eigenvalue weighted by molar-refractivity contribution is -0.135. The molecule has 0 radical (unpaired) electrons. The van der Waals surface area contributed by atoms with Gasteiger partial charge in [-0.2, -0.15) is 13.9 Å². The molecular weight excluding hydrogens is 434 g/mol. The Bertz CT molecular complexity index is 1040. The number of aromatic nitrogens is 3. The molecule has 2 aliphatic heterocycles. The van der Waals surface area contributed by atoms with Crippen LogP contribution in [0.15, 0.2) is 34.5 Å². The Morgan fingerprint density at radius 3 is 2.94 bits per heavy atom. The highest BCUT2D eigenvalue weighted by Crippen LogP contribution is 2.37. The number of aliphatic imine (C=N–C) groups is 1. The second-order valence-electron chi connectivity index (χ2n) is 6.89. The summed E-state index contributed by atoms with van der Waals surface area (Å²) < 4.78 is 31.7. The number of carbonyl (C=O) groups is 2. The number of nitrogens with zero attached hydrogens (tertiary/aromatic N) is 5. The Morgan fingerprint density at radius 2 is 2.26 bits per heavy atom. The number of allylic oxidation sites excluding steroid dienone is 1. The summed E-state index contributed by atoms with van der Waals surface area (Å²) in [5.41, 5.74) is 2.03. The van der Waals surface area contributed by atoms with Crippen LogP contribution in [0.3, 0.4) is 0 Å². The van der Waals surface area contributed by atoms with E-state index in [2.05, 4.69) is 20.4 Å². The van der Waals surface area contributed by atoms with Crippen molar-refractivity contribution >= 4 is 34.8 Å². The van der Waals surface area contributed by atoms with Crippen LogP contribution in [0, 0.1) is 5.92 Å². The molecule has 31 heavy (non-hydrogen) atoms. The largest absolute Gasteiger partial charge is 0.480 e. The lowest BCUT2D eigenvalue weighted by atomic mass is 10.0. The molecule has 1 atom stereocenters. The fourth-order valence-corrected chi connectivity index (χ4v) is 4.16. The average Bonchev–Trinajstić information content (AvgIpc) is 3.50. The first-order valence-corrected chi connectivity index (χ1v) is 10.2. The number of fused-ring (bicyclic) bond motifs is 1. The molecule has 2 aromatic rings. The van der Waals surface area contributed by atoms with Crippen LogP contribution in [-0.2, 0) is 9.53 Å². The number of halogens is 2. The van der Waals surface area contributed by atoms with Crippen molar-refractivity contribution in [1.82, 2.24) is 25.0 Å². The predicted octanol–water partition coefficient (Wildman–Crippen LogP) is 2.04. The van der Waals surface area contributed by atoms with Gasteiger partial charge in [0.1, 0.15) is 6.54 Å². The van der Waals surface area contributed by atoms with Crippen LogP contribution in [0.25, 0.3) is 5.57 Å². The molecule has 4 heterocycles. The van der Waals surface area contributed by atoms with Crippen molar-refractivity contribution in [2.24, 2.45) is 10.9 Å². The third kappa shape index (κ3) is 4.55. The van der Waals surface area contributed by atoms with Crippen molar-refractivity contribution < 1.29 is 28.2 Å². The molecular formula is C18H18F2N6O4S. The molecule has 4 rings (SSSR count). The highest BCUT2D eigenvalue weighted by molar-refractivity contribution is 7.11. The number of rotatable bonds is 7. The molecule has 0 aromatic carbocycles. The normalized spacial score (nSPS) is 18.2. The van der Waals surface area contributed by atoms with Gasteiger partial charge in [0.15, 0.2) is 10.8 Å². The predicted molar refractivity (Wildman–Crippen MR) is 106 cm³/mol. The van der Waals surface area contributed by atoms with Crippen molar-refractivity contribution in [1.29, 1.82) is 0 Å². The van der Waals surface area contributed by atoms with E-state index in [9.17, 15) is 18.4 Å². The molecule has 1 saturated heterocycles. The zero-order valence-electron chi connectivity index (χ0n) is 16.1. The molecule has 2 aromatic heterocycles. The number of amidine groups is 1. The first-order chi connectivity index (χ1) is 14.9. The summed E-state index contributed by atoms with van der Waals surface area (Å²) in [6.07, 6.45) is 2.61. The Morgan fingerprint density at radius 1 is 1.42 bits per heavy atom. The fourth-order valence-electron chi connectivity index (χ4n) is 3.50. The maximum absolute atomic E-state index is 13.0. The quantitative estimate of drug-likeness (QED) is 0.659. The van der Waals surface area contributed by atoms with E-state index in [0.29, 0.717) is 29.2 Å². The van der Waals surface area contributed by atoms with Crippen molar-refractivity contribution in [3.8, 4) is 0 Å². The zero-order valence-corrected chi connectivity index (χ0v) is 16.9. The summed E-state index contributed by atoms with van der Waals surface area (Å²) in [5, 5.41) is 17.3. The number of aliphatic carboxylic acids is 1. The Balaban J connectivity index is 1.54. The number of amides is 1. The van der Waals surface area contributed by atoms with Crippen molar-refractivity contribution in [3.05, 3.63) is 40.2 Å². The van der Waals surface area contributed by atoms with Crippen molar-refractivity contribution in [3.63, 3.8) is 0 Å². The van der Waals surface area contributed by atoms with E-state index in [1.54, 1.807) is 6.20 Å². The van der Waals surface area contributed by atoms with Gasteiger partial charge in [0.25, 0.3) is 0 Å². The number of alkyl carbamates (subject to hydrolysis) is 1. The number of carboxylic acid groups (broad SMARTS) is 1. The maximum atomic E-state index is 13.0. The first kappa shape index (κ1) is 20.9. The minimum atomic E-state index is -2.73. The van der Waals surface area contributed by atoms with Crippen molar-refractivity contribution in [2.45, 2.75) is 13.0 Å². The molecule has 2 N–H and O–H groups in total. The summed E-state index contributed by atoms with van der Waals surface area (Å²) >= 11 is 1.44. The lowest BCUT2D eigenvalue weighted by Crippen LogP contribution is -2.33. The fraction of sp³-hybridized carbons (Fsp3) is 0.389. The van der Waals surface area contributed by atoms with E-state index < -0.39 is 25.2 Å². The number of carboxylic acids is 1. The molecule has 0 bridgehead atoms. The number of thiazole rings is 1. The van der Waals surface area contributed by atoms with Crippen LogP contribution in [0.4, 0.5) is 13.6 Å². The zero-order chi connectivity index (χ0) is 22.0. The summed E-state index contributed by atoms with van der Waals surface area (Å²) in [6.45, 7) is -2.44. The highest BCUT2D eigenvalue weighted by atomic mass is 32.1. The second-order valence-corrected chi connectivity index (χ2v) is 7.78. The molecule has 0 spiro atoms. The van der Waals surface area contributed by atoms with Gasteiger partial charge in [0.2, 0.25) is 0 Å². The number of ether oxygens (including phenoxy) is 1. The summed E-state index contributed by atoms with van der Waals surface area (Å²) in [7, 11) is 0. The monoisotopic (exact) mass is 452 g/mol. The van der Waals surface area contributed by atoms with Gasteiger partial charge < -0.3 is 20.1 Å². The van der Waals surface area contributed by atoms with Crippen LogP contribution in [0.2, 0.25) is 0 Å². The van der Waals surface area contributed by atoms with Crippen LogP contribution in [0.5, 0.6) is 0 Å². The minimum absolute atomic E-state index is 0.0648. The molecule has 13 heteroatoms. The average molecular weight is 452 g/mol. The van der Waals surface area contributed by atoms with Crippen LogP contribution in [-0.4, -0.2) is 68.9 Å². The highest BCUT2D eigenvalue weighted by Gasteiger charge is 2.37. The van der Waals surface area contributed by atoms with Gasteiger partial charge in [-0.05, 0) is 12.5 Å². The van der Waals surface area contributed by atoms with E-state index in [1.165, 1.54) is 23.6 Å². The summed E-state index contributed by atoms with van der Waals surface area (Å²) in [6, 6.07) is 1.53. The van der Waals surface area contributed by atoms with E-state index in [4.69, 9.17) is 9.84 Å². The number of hydrogen-bond acceptors (Lipinski definition) is 8. The van der Waals surface area contributed by atoms with Gasteiger partial charge in [-0.25, -0.2) is 14.5 Å². The number of alkyl halides is 2. The van der Waals surface area contributed by atoms with Gasteiger partial charge in [0, 0.05) is 41.5 Å². The molecule has 1 fully saturated rings. The Kier molecular flexibility index (Phi) is 5.93. The van der Waals surface area contributed by atoms with Gasteiger partial charge in [-0.3, -0.25) is 9.79 Å². The van der Waals surface area contributed by atoms with Gasteiger partial charge in [-0.15, -0.1) is 11.3 Å². The molecule has 1 unspecified atom stereocenters. The van der Waals surface area contributed by atoms with E-state index in [0.717, 1.165) is 16.3 Å².